The van der Waals surface area contributed by atoms with Gasteiger partial charge in [-0.2, -0.15) is 0 Å². The highest BCUT2D eigenvalue weighted by atomic mass is 79.9. The number of alkyl halides is 3. The molecule has 1 aliphatic heterocycles. The fourth-order valence-corrected chi connectivity index (χ4v) is 3.09. The molecule has 2 aromatic rings. The molecule has 0 fully saturated rings. The summed E-state index contributed by atoms with van der Waals surface area (Å²) in [5.74, 6) is -0.399. The Kier molecular flexibility index (Phi) is 5.45. The molecule has 0 aromatic heterocycles. The lowest BCUT2D eigenvalue weighted by atomic mass is 10.1. The summed E-state index contributed by atoms with van der Waals surface area (Å²) < 4.78 is 41.2. The van der Waals surface area contributed by atoms with Crippen molar-refractivity contribution in [3.8, 4) is 5.75 Å². The van der Waals surface area contributed by atoms with Gasteiger partial charge in [0.05, 0.1) is 16.7 Å². The first-order valence-electron chi connectivity index (χ1n) is 8.01. The van der Waals surface area contributed by atoms with Crippen LogP contribution in [-0.4, -0.2) is 23.8 Å². The average molecular weight is 458 g/mol. The topological polar surface area (TPSA) is 83.5 Å². The lowest BCUT2D eigenvalue weighted by Crippen LogP contribution is -2.39. The second-order valence-electron chi connectivity index (χ2n) is 6.02. The fourth-order valence-electron chi connectivity index (χ4n) is 2.65. The molecule has 0 bridgehead atoms. The van der Waals surface area contributed by atoms with Crippen molar-refractivity contribution in [3.63, 3.8) is 0 Å². The molecule has 3 rings (SSSR count). The number of carbonyl (C=O) groups is 1. The van der Waals surface area contributed by atoms with Crippen molar-refractivity contribution in [2.45, 2.75) is 26.0 Å². The highest BCUT2D eigenvalue weighted by Gasteiger charge is 2.34. The number of carbonyl (C=O) groups excluding carboxylic acids is 1. The summed E-state index contributed by atoms with van der Waals surface area (Å²) in [6, 6.07) is 9.33. The zero-order valence-corrected chi connectivity index (χ0v) is 16.1. The van der Waals surface area contributed by atoms with E-state index in [1.54, 1.807) is 6.07 Å². The predicted octanol–water partition coefficient (Wildman–Crippen LogP) is 4.37. The van der Waals surface area contributed by atoms with Gasteiger partial charge in [0, 0.05) is 5.69 Å². The summed E-state index contributed by atoms with van der Waals surface area (Å²) in [4.78, 5) is 11.6. The molecule has 1 atom stereocenters. The Morgan fingerprint density at radius 1 is 1.25 bits per heavy atom. The number of rotatable bonds is 5. The van der Waals surface area contributed by atoms with Gasteiger partial charge >= 0.3 is 6.36 Å². The first kappa shape index (κ1) is 19.9. The minimum atomic E-state index is -4.81. The van der Waals surface area contributed by atoms with E-state index in [9.17, 15) is 18.0 Å². The predicted molar refractivity (Wildman–Crippen MR) is 99.1 cm³/mol. The third kappa shape index (κ3) is 4.35. The van der Waals surface area contributed by atoms with Crippen molar-refractivity contribution in [2.24, 2.45) is 10.4 Å². The quantitative estimate of drug-likeness (QED) is 0.532. The summed E-state index contributed by atoms with van der Waals surface area (Å²) in [6.07, 6.45) is -5.01. The Morgan fingerprint density at radius 3 is 2.61 bits per heavy atom. The van der Waals surface area contributed by atoms with Gasteiger partial charge in [-0.15, -0.1) is 13.2 Å². The van der Waals surface area contributed by atoms with Gasteiger partial charge in [-0.05, 0) is 63.5 Å². The minimum absolute atomic E-state index is 0.0646. The standard InChI is InChI=1S/C17H15BrF3N5O2/c1-10-6-11(2-4-14(10)22)8-25-16(9-27)26(24-23-25)12-3-5-15(13(18)7-12)28-17(19,20)21/h2-7,9,16H,8,22H2,1H3. The molecule has 0 aliphatic carbocycles. The average Bonchev–Trinajstić information content (AvgIpc) is 3.01. The third-order valence-corrected chi connectivity index (χ3v) is 4.63. The van der Waals surface area contributed by atoms with Gasteiger partial charge in [-0.1, -0.05) is 17.4 Å². The third-order valence-electron chi connectivity index (χ3n) is 4.01. The molecule has 7 nitrogen and oxygen atoms in total. The van der Waals surface area contributed by atoms with Crippen molar-refractivity contribution in [2.75, 3.05) is 10.7 Å². The normalized spacial score (nSPS) is 16.5. The molecule has 0 spiro atoms. The van der Waals surface area contributed by atoms with E-state index in [2.05, 4.69) is 31.1 Å². The van der Waals surface area contributed by atoms with E-state index in [4.69, 9.17) is 5.73 Å². The second kappa shape index (κ2) is 7.66. The number of hydrogen-bond donors (Lipinski definition) is 1. The summed E-state index contributed by atoms with van der Waals surface area (Å²) in [5, 5.41) is 10.7. The molecule has 0 saturated heterocycles. The number of halogens is 4. The SMILES string of the molecule is Cc1cc(CN2N=NN(c3ccc(OC(F)(F)F)c(Br)c3)C2C=O)ccc1N. The van der Waals surface area contributed by atoms with Crippen LogP contribution in [0.15, 0.2) is 51.3 Å². The van der Waals surface area contributed by atoms with Gasteiger partial charge < -0.3 is 10.5 Å². The summed E-state index contributed by atoms with van der Waals surface area (Å²) in [5.41, 5.74) is 8.62. The number of ether oxygens (including phenoxy) is 1. The number of nitrogens with two attached hydrogens (primary N) is 1. The van der Waals surface area contributed by atoms with Gasteiger partial charge in [0.1, 0.15) is 5.75 Å². The van der Waals surface area contributed by atoms with Crippen molar-refractivity contribution >= 4 is 33.6 Å². The number of aryl methyl sites for hydroxylation is 1. The van der Waals surface area contributed by atoms with Crippen LogP contribution in [0.25, 0.3) is 0 Å². The Hall–Kier alpha value is -2.82. The molecule has 28 heavy (non-hydrogen) atoms. The Bertz CT molecular complexity index is 922. The van der Waals surface area contributed by atoms with Crippen LogP contribution < -0.4 is 15.5 Å². The molecule has 148 valence electrons. The van der Waals surface area contributed by atoms with E-state index in [0.29, 0.717) is 24.2 Å². The largest absolute Gasteiger partial charge is 0.573 e. The smallest absolute Gasteiger partial charge is 0.405 e. The molecule has 1 unspecified atom stereocenters. The van der Waals surface area contributed by atoms with Gasteiger partial charge in [-0.3, -0.25) is 4.79 Å². The zero-order valence-electron chi connectivity index (χ0n) is 14.5. The molecule has 1 aliphatic rings. The first-order chi connectivity index (χ1) is 13.2. The van der Waals surface area contributed by atoms with Crippen molar-refractivity contribution in [3.05, 3.63) is 52.0 Å². The summed E-state index contributed by atoms with van der Waals surface area (Å²) >= 11 is 3.03. The van der Waals surface area contributed by atoms with Crippen LogP contribution in [0.5, 0.6) is 5.75 Å². The molecule has 1 heterocycles. The fraction of sp³-hybridized carbons (Fsp3) is 0.235. The molecule has 0 radical (unpaired) electrons. The second-order valence-corrected chi connectivity index (χ2v) is 6.88. The summed E-state index contributed by atoms with van der Waals surface area (Å²) in [6.45, 7) is 2.18. The molecular formula is C17H15BrF3N5O2. The van der Waals surface area contributed by atoms with Crippen molar-refractivity contribution in [1.29, 1.82) is 0 Å². The zero-order chi connectivity index (χ0) is 20.5. The van der Waals surface area contributed by atoms with Crippen molar-refractivity contribution < 1.29 is 22.7 Å². The van der Waals surface area contributed by atoms with Crippen LogP contribution in [0.1, 0.15) is 11.1 Å². The minimum Gasteiger partial charge on any atom is -0.405 e. The highest BCUT2D eigenvalue weighted by Crippen LogP contribution is 2.35. The first-order valence-corrected chi connectivity index (χ1v) is 8.80. The van der Waals surface area contributed by atoms with Crippen LogP contribution in [-0.2, 0) is 11.3 Å². The number of anilines is 2. The Balaban J connectivity index is 1.78. The maximum atomic E-state index is 12.4. The molecule has 11 heteroatoms. The van der Waals surface area contributed by atoms with Crippen LogP contribution in [0, 0.1) is 6.92 Å². The van der Waals surface area contributed by atoms with E-state index < -0.39 is 18.3 Å². The lowest BCUT2D eigenvalue weighted by Gasteiger charge is -2.24. The maximum absolute atomic E-state index is 12.4. The van der Waals surface area contributed by atoms with E-state index in [-0.39, 0.29) is 4.47 Å². The van der Waals surface area contributed by atoms with Crippen LogP contribution >= 0.6 is 15.9 Å². The molecule has 0 saturated carbocycles. The molecule has 0 amide bonds. The molecule has 2 aromatic carbocycles. The van der Waals surface area contributed by atoms with E-state index in [1.807, 2.05) is 19.1 Å². The summed E-state index contributed by atoms with van der Waals surface area (Å²) in [7, 11) is 0. The van der Waals surface area contributed by atoms with Crippen LogP contribution in [0.3, 0.4) is 0 Å². The molecular weight excluding hydrogens is 443 g/mol. The number of benzene rings is 2. The number of aldehydes is 1. The maximum Gasteiger partial charge on any atom is 0.573 e. The van der Waals surface area contributed by atoms with Crippen LogP contribution in [0.4, 0.5) is 24.5 Å². The van der Waals surface area contributed by atoms with Crippen molar-refractivity contribution in [1.82, 2.24) is 5.01 Å². The van der Waals surface area contributed by atoms with Gasteiger partial charge in [0.25, 0.3) is 0 Å². The van der Waals surface area contributed by atoms with E-state index in [0.717, 1.165) is 17.2 Å². The molecule has 2 N–H and O–H groups in total. The monoisotopic (exact) mass is 457 g/mol. The van der Waals surface area contributed by atoms with E-state index in [1.165, 1.54) is 22.2 Å². The van der Waals surface area contributed by atoms with Crippen LogP contribution in [0.2, 0.25) is 0 Å². The highest BCUT2D eigenvalue weighted by molar-refractivity contribution is 9.10. The Labute approximate surface area is 166 Å². The number of nitrogens with zero attached hydrogens (tertiary/aromatic N) is 4. The van der Waals surface area contributed by atoms with Gasteiger partial charge in [0.15, 0.2) is 12.5 Å². The number of nitrogen functional groups attached to an aromatic ring is 1. The van der Waals surface area contributed by atoms with E-state index >= 15 is 0 Å². The van der Waals surface area contributed by atoms with Gasteiger partial charge in [0.2, 0.25) is 0 Å². The van der Waals surface area contributed by atoms with Gasteiger partial charge in [-0.25, -0.2) is 10.0 Å². The lowest BCUT2D eigenvalue weighted by molar-refractivity contribution is -0.274. The Morgan fingerprint density at radius 2 is 2.00 bits per heavy atom. The number of hydrogen-bond acceptors (Lipinski definition) is 7.